The summed E-state index contributed by atoms with van der Waals surface area (Å²) >= 11 is 13.7. The van der Waals surface area contributed by atoms with Gasteiger partial charge in [-0.1, -0.05) is 52.7 Å². The first-order valence-electron chi connectivity index (χ1n) is 10.4. The number of fused-ring (bicyclic) bond motifs is 2. The zero-order chi connectivity index (χ0) is 23.7. The third-order valence-corrected chi connectivity index (χ3v) is 6.40. The first-order chi connectivity index (χ1) is 16.5. The third kappa shape index (κ3) is 4.63. The van der Waals surface area contributed by atoms with Crippen LogP contribution in [0, 0.1) is 0 Å². The molecule has 0 saturated heterocycles. The minimum atomic E-state index is -0.401. The van der Waals surface area contributed by atoms with Gasteiger partial charge in [0.05, 0.1) is 27.5 Å². The van der Waals surface area contributed by atoms with Crippen molar-refractivity contribution in [3.63, 3.8) is 0 Å². The number of halogens is 2. The fourth-order valence-electron chi connectivity index (χ4n) is 3.38. The maximum atomic E-state index is 13.3. The van der Waals surface area contributed by atoms with Gasteiger partial charge in [-0.15, -0.1) is 0 Å². The molecule has 2 heterocycles. The summed E-state index contributed by atoms with van der Waals surface area (Å²) in [5.41, 5.74) is 2.16. The second kappa shape index (κ2) is 9.46. The molecule has 6 nitrogen and oxygen atoms in total. The molecule has 1 N–H and O–H groups in total. The number of carbonyl (C=O) groups excluding carboxylic acids is 1. The first kappa shape index (κ1) is 22.4. The number of anilines is 1. The number of nitrogens with one attached hydrogen (secondary N) is 1. The number of amides is 1. The Hall–Kier alpha value is -3.39. The van der Waals surface area contributed by atoms with Crippen molar-refractivity contribution in [1.29, 1.82) is 0 Å². The quantitative estimate of drug-likeness (QED) is 0.271. The molecule has 5 aromatic rings. The molecule has 0 atom stereocenters. The fourth-order valence-corrected chi connectivity index (χ4v) is 4.72. The monoisotopic (exact) mass is 509 g/mol. The van der Waals surface area contributed by atoms with E-state index in [0.29, 0.717) is 33.1 Å². The number of thiazole rings is 1. The molecule has 0 aliphatic carbocycles. The van der Waals surface area contributed by atoms with E-state index in [-0.39, 0.29) is 11.1 Å². The van der Waals surface area contributed by atoms with E-state index in [0.717, 1.165) is 21.4 Å². The number of ether oxygens (including phenoxy) is 1. The molecular weight excluding hydrogens is 493 g/mol. The highest BCUT2D eigenvalue weighted by molar-refractivity contribution is 7.22. The number of aromatic nitrogens is 1. The number of hydrogen-bond donors (Lipinski definition) is 1. The lowest BCUT2D eigenvalue weighted by Gasteiger charge is -2.05. The lowest BCUT2D eigenvalue weighted by Crippen LogP contribution is -2.21. The Morgan fingerprint density at radius 2 is 1.97 bits per heavy atom. The van der Waals surface area contributed by atoms with Gasteiger partial charge < -0.3 is 9.15 Å². The summed E-state index contributed by atoms with van der Waals surface area (Å²) in [6, 6.07) is 19.7. The SMILES string of the molecule is CCOc1ccc2nc(NC(=O)c3cc4ccccc4oc3=Nc3ccc(Cl)cc3Cl)sc2c1. The molecule has 5 rings (SSSR count). The summed E-state index contributed by atoms with van der Waals surface area (Å²) < 4.78 is 12.4. The van der Waals surface area contributed by atoms with Crippen molar-refractivity contribution in [1.82, 2.24) is 4.98 Å². The summed E-state index contributed by atoms with van der Waals surface area (Å²) in [6.45, 7) is 2.50. The lowest BCUT2D eigenvalue weighted by molar-refractivity contribution is 0.102. The average Bonchev–Trinajstić information content (AvgIpc) is 3.22. The maximum absolute atomic E-state index is 13.3. The normalized spacial score (nSPS) is 11.8. The van der Waals surface area contributed by atoms with Crippen LogP contribution in [0.25, 0.3) is 21.2 Å². The van der Waals surface area contributed by atoms with Gasteiger partial charge >= 0.3 is 0 Å². The highest BCUT2D eigenvalue weighted by atomic mass is 35.5. The predicted octanol–water partition coefficient (Wildman–Crippen LogP) is 7.23. The van der Waals surface area contributed by atoms with E-state index in [1.807, 2.05) is 49.4 Å². The van der Waals surface area contributed by atoms with Crippen LogP contribution in [-0.4, -0.2) is 17.5 Å². The molecule has 0 bridgehead atoms. The van der Waals surface area contributed by atoms with E-state index < -0.39 is 5.91 Å². The molecule has 0 spiro atoms. The van der Waals surface area contributed by atoms with Crippen LogP contribution in [0.15, 0.2) is 76.1 Å². The topological polar surface area (TPSA) is 76.7 Å². The highest BCUT2D eigenvalue weighted by Gasteiger charge is 2.16. The maximum Gasteiger partial charge on any atom is 0.262 e. The van der Waals surface area contributed by atoms with Crippen LogP contribution >= 0.6 is 34.5 Å². The molecular formula is C25H17Cl2N3O3S. The second-order valence-electron chi connectivity index (χ2n) is 7.25. The fraction of sp³-hybridized carbons (Fsp3) is 0.0800. The van der Waals surface area contributed by atoms with E-state index in [4.69, 9.17) is 32.4 Å². The van der Waals surface area contributed by atoms with Crippen molar-refractivity contribution in [2.75, 3.05) is 11.9 Å². The Bertz CT molecular complexity index is 1610. The van der Waals surface area contributed by atoms with Crippen molar-refractivity contribution in [3.8, 4) is 5.75 Å². The molecule has 2 aromatic heterocycles. The Kier molecular flexibility index (Phi) is 6.24. The van der Waals surface area contributed by atoms with Gasteiger partial charge in [-0.05, 0) is 55.5 Å². The van der Waals surface area contributed by atoms with E-state index in [1.54, 1.807) is 24.3 Å². The van der Waals surface area contributed by atoms with Gasteiger partial charge in [0.25, 0.3) is 5.91 Å². The summed E-state index contributed by atoms with van der Waals surface area (Å²) in [7, 11) is 0. The molecule has 0 radical (unpaired) electrons. The summed E-state index contributed by atoms with van der Waals surface area (Å²) in [6.07, 6.45) is 0. The molecule has 0 aliphatic rings. The zero-order valence-corrected chi connectivity index (χ0v) is 20.2. The standard InChI is InChI=1S/C25H17Cl2N3O3S/c1-2-32-16-8-10-20-22(13-16)34-25(29-20)30-23(31)17-11-14-5-3-4-6-21(14)33-24(17)28-19-9-7-15(26)12-18(19)27/h3-13H,2H2,1H3,(H,29,30,31). The summed E-state index contributed by atoms with van der Waals surface area (Å²) in [5.74, 6) is 0.355. The van der Waals surface area contributed by atoms with Crippen LogP contribution in [0.2, 0.25) is 10.0 Å². The van der Waals surface area contributed by atoms with Crippen LogP contribution in [0.3, 0.4) is 0 Å². The Labute approximate surface area is 208 Å². The summed E-state index contributed by atoms with van der Waals surface area (Å²) in [5, 5.41) is 4.92. The van der Waals surface area contributed by atoms with Crippen molar-refractivity contribution in [2.24, 2.45) is 4.99 Å². The second-order valence-corrected chi connectivity index (χ2v) is 9.12. The molecule has 170 valence electrons. The molecule has 0 aliphatic heterocycles. The Morgan fingerprint density at radius 1 is 1.12 bits per heavy atom. The number of carbonyl (C=O) groups is 1. The van der Waals surface area contributed by atoms with Crippen LogP contribution in [0.5, 0.6) is 5.75 Å². The average molecular weight is 510 g/mol. The molecule has 0 saturated carbocycles. The van der Waals surface area contributed by atoms with Gasteiger partial charge in [-0.3, -0.25) is 10.1 Å². The number of rotatable bonds is 5. The van der Waals surface area contributed by atoms with Crippen LogP contribution in [-0.2, 0) is 0 Å². The van der Waals surface area contributed by atoms with Crippen molar-refractivity contribution in [2.45, 2.75) is 6.92 Å². The van der Waals surface area contributed by atoms with Crippen LogP contribution in [0.1, 0.15) is 17.3 Å². The zero-order valence-electron chi connectivity index (χ0n) is 17.8. The Balaban J connectivity index is 1.57. The van der Waals surface area contributed by atoms with Gasteiger partial charge in [-0.25, -0.2) is 9.98 Å². The largest absolute Gasteiger partial charge is 0.494 e. The van der Waals surface area contributed by atoms with Gasteiger partial charge in [0.1, 0.15) is 16.9 Å². The van der Waals surface area contributed by atoms with Crippen LogP contribution in [0.4, 0.5) is 10.8 Å². The molecule has 9 heteroatoms. The minimum absolute atomic E-state index is 0.125. The van der Waals surface area contributed by atoms with E-state index >= 15 is 0 Å². The van der Waals surface area contributed by atoms with E-state index in [9.17, 15) is 4.79 Å². The van der Waals surface area contributed by atoms with E-state index in [2.05, 4.69) is 15.3 Å². The van der Waals surface area contributed by atoms with Crippen LogP contribution < -0.4 is 15.6 Å². The van der Waals surface area contributed by atoms with E-state index in [1.165, 1.54) is 11.3 Å². The minimum Gasteiger partial charge on any atom is -0.494 e. The molecule has 0 fully saturated rings. The lowest BCUT2D eigenvalue weighted by atomic mass is 10.2. The molecule has 3 aromatic carbocycles. The molecule has 0 unspecified atom stereocenters. The predicted molar refractivity (Wildman–Crippen MR) is 137 cm³/mol. The molecule has 34 heavy (non-hydrogen) atoms. The van der Waals surface area contributed by atoms with Gasteiger partial charge in [-0.2, -0.15) is 0 Å². The number of para-hydroxylation sites is 1. The first-order valence-corrected chi connectivity index (χ1v) is 11.9. The molecule has 1 amide bonds. The Morgan fingerprint density at radius 3 is 2.79 bits per heavy atom. The van der Waals surface area contributed by atoms with Crippen molar-refractivity contribution < 1.29 is 13.9 Å². The van der Waals surface area contributed by atoms with Gasteiger partial charge in [0, 0.05) is 10.4 Å². The highest BCUT2D eigenvalue weighted by Crippen LogP contribution is 2.30. The van der Waals surface area contributed by atoms with Gasteiger partial charge in [0.2, 0.25) is 5.55 Å². The number of hydrogen-bond acceptors (Lipinski definition) is 6. The third-order valence-electron chi connectivity index (χ3n) is 4.92. The van der Waals surface area contributed by atoms with Crippen molar-refractivity contribution in [3.05, 3.63) is 87.9 Å². The van der Waals surface area contributed by atoms with Gasteiger partial charge in [0.15, 0.2) is 5.13 Å². The number of nitrogens with zero attached hydrogens (tertiary/aromatic N) is 2. The number of benzene rings is 3. The smallest absolute Gasteiger partial charge is 0.262 e. The summed E-state index contributed by atoms with van der Waals surface area (Å²) in [4.78, 5) is 22.3. The van der Waals surface area contributed by atoms with Crippen molar-refractivity contribution >= 4 is 72.5 Å².